The molecule has 1 aromatic heterocycles. The zero-order valence-corrected chi connectivity index (χ0v) is 10.3. The molecule has 0 saturated heterocycles. The Hall–Kier alpha value is -1.60. The number of esters is 1. The van der Waals surface area contributed by atoms with E-state index >= 15 is 0 Å². The Morgan fingerprint density at radius 2 is 2.05 bits per heavy atom. The van der Waals surface area contributed by atoms with E-state index in [1.165, 1.54) is 0 Å². The molecule has 106 valence electrons. The fourth-order valence-corrected chi connectivity index (χ4v) is 2.29. The molecule has 0 N–H and O–H groups in total. The van der Waals surface area contributed by atoms with Crippen molar-refractivity contribution in [3.05, 3.63) is 11.7 Å². The van der Waals surface area contributed by atoms with Crippen molar-refractivity contribution in [1.29, 1.82) is 0 Å². The van der Waals surface area contributed by atoms with Gasteiger partial charge in [0.1, 0.15) is 5.41 Å². The fraction of sp³-hybridized carbons (Fsp3) is 0.727. The number of halogens is 3. The lowest BCUT2D eigenvalue weighted by Gasteiger charge is -2.21. The number of alkyl halides is 3. The van der Waals surface area contributed by atoms with Crippen LogP contribution in [0.4, 0.5) is 13.2 Å². The van der Waals surface area contributed by atoms with Crippen LogP contribution in [-0.4, -0.2) is 22.7 Å². The number of ether oxygens (including phenoxy) is 1. The summed E-state index contributed by atoms with van der Waals surface area (Å²) in [6.07, 6.45) is -2.53. The second-order valence-corrected chi connectivity index (χ2v) is 4.43. The summed E-state index contributed by atoms with van der Waals surface area (Å²) in [5.74, 6) is -2.25. The number of hydrogen-bond acceptors (Lipinski definition) is 5. The molecule has 5 nitrogen and oxygen atoms in total. The van der Waals surface area contributed by atoms with E-state index in [4.69, 9.17) is 4.74 Å². The molecule has 0 unspecified atom stereocenters. The fourth-order valence-electron chi connectivity index (χ4n) is 2.29. The Morgan fingerprint density at radius 3 is 2.53 bits per heavy atom. The monoisotopic (exact) mass is 278 g/mol. The molecule has 0 aliphatic heterocycles. The van der Waals surface area contributed by atoms with E-state index in [9.17, 15) is 18.0 Å². The van der Waals surface area contributed by atoms with E-state index in [1.54, 1.807) is 6.92 Å². The van der Waals surface area contributed by atoms with Crippen LogP contribution in [0.25, 0.3) is 0 Å². The first-order valence-electron chi connectivity index (χ1n) is 5.99. The second-order valence-electron chi connectivity index (χ2n) is 4.43. The summed E-state index contributed by atoms with van der Waals surface area (Å²) in [5, 5.41) is 2.90. The first kappa shape index (κ1) is 13.8. The minimum Gasteiger partial charge on any atom is -0.465 e. The summed E-state index contributed by atoms with van der Waals surface area (Å²) in [6, 6.07) is 0. The molecule has 0 aromatic carbocycles. The van der Waals surface area contributed by atoms with Crippen molar-refractivity contribution in [1.82, 2.24) is 10.1 Å². The second kappa shape index (κ2) is 4.82. The van der Waals surface area contributed by atoms with Crippen LogP contribution in [0.5, 0.6) is 0 Å². The Balaban J connectivity index is 2.35. The standard InChI is InChI=1S/C11H13F3N2O3/c1-2-18-9(17)10(5-3-4-6-10)8-15-7(16-19-8)11(12,13)14/h2-6H2,1H3. The lowest BCUT2D eigenvalue weighted by Crippen LogP contribution is -2.35. The predicted molar refractivity (Wildman–Crippen MR) is 56.1 cm³/mol. The molecule has 0 bridgehead atoms. The molecule has 0 radical (unpaired) electrons. The molecule has 0 spiro atoms. The highest BCUT2D eigenvalue weighted by Crippen LogP contribution is 2.42. The summed E-state index contributed by atoms with van der Waals surface area (Å²) in [7, 11) is 0. The summed E-state index contributed by atoms with van der Waals surface area (Å²) >= 11 is 0. The minimum atomic E-state index is -4.68. The Morgan fingerprint density at radius 1 is 1.42 bits per heavy atom. The van der Waals surface area contributed by atoms with Gasteiger partial charge in [-0.1, -0.05) is 18.0 Å². The van der Waals surface area contributed by atoms with Crippen molar-refractivity contribution in [2.24, 2.45) is 0 Å². The zero-order valence-electron chi connectivity index (χ0n) is 10.3. The van der Waals surface area contributed by atoms with Gasteiger partial charge in [-0.3, -0.25) is 4.79 Å². The van der Waals surface area contributed by atoms with Gasteiger partial charge >= 0.3 is 12.1 Å². The lowest BCUT2D eigenvalue weighted by atomic mass is 9.86. The van der Waals surface area contributed by atoms with Crippen molar-refractivity contribution < 1.29 is 27.2 Å². The van der Waals surface area contributed by atoms with Crippen LogP contribution < -0.4 is 0 Å². The van der Waals surface area contributed by atoms with Crippen molar-refractivity contribution in [2.45, 2.75) is 44.2 Å². The number of hydrogen-bond donors (Lipinski definition) is 0. The number of rotatable bonds is 3. The molecule has 0 amide bonds. The highest BCUT2D eigenvalue weighted by molar-refractivity contribution is 5.82. The number of carbonyl (C=O) groups is 1. The van der Waals surface area contributed by atoms with Gasteiger partial charge in [-0.05, 0) is 19.8 Å². The Bertz CT molecular complexity index is 464. The maximum atomic E-state index is 12.5. The highest BCUT2D eigenvalue weighted by atomic mass is 19.4. The van der Waals surface area contributed by atoms with Crippen LogP contribution >= 0.6 is 0 Å². The van der Waals surface area contributed by atoms with Gasteiger partial charge in [0.25, 0.3) is 5.82 Å². The topological polar surface area (TPSA) is 65.2 Å². The molecule has 1 aliphatic carbocycles. The third kappa shape index (κ3) is 2.43. The molecular formula is C11H13F3N2O3. The van der Waals surface area contributed by atoms with Crippen molar-refractivity contribution >= 4 is 5.97 Å². The van der Waals surface area contributed by atoms with E-state index in [0.717, 1.165) is 0 Å². The number of aromatic nitrogens is 2. The normalized spacial score (nSPS) is 18.5. The molecule has 1 aliphatic rings. The van der Waals surface area contributed by atoms with E-state index in [0.29, 0.717) is 25.7 Å². The van der Waals surface area contributed by atoms with Gasteiger partial charge in [-0.25, -0.2) is 0 Å². The van der Waals surface area contributed by atoms with Gasteiger partial charge in [-0.15, -0.1) is 0 Å². The molecular weight excluding hydrogens is 265 g/mol. The molecule has 1 fully saturated rings. The van der Waals surface area contributed by atoms with Gasteiger partial charge in [0.05, 0.1) is 6.61 Å². The third-order valence-electron chi connectivity index (χ3n) is 3.21. The summed E-state index contributed by atoms with van der Waals surface area (Å²) < 4.78 is 47.0. The van der Waals surface area contributed by atoms with Gasteiger partial charge in [0.2, 0.25) is 5.89 Å². The van der Waals surface area contributed by atoms with Gasteiger partial charge in [0, 0.05) is 0 Å². The quantitative estimate of drug-likeness (QED) is 0.795. The van der Waals surface area contributed by atoms with Crippen LogP contribution in [-0.2, 0) is 21.1 Å². The van der Waals surface area contributed by atoms with Crippen molar-refractivity contribution in [3.8, 4) is 0 Å². The summed E-state index contributed by atoms with van der Waals surface area (Å²) in [4.78, 5) is 15.3. The van der Waals surface area contributed by atoms with Gasteiger partial charge in [-0.2, -0.15) is 18.2 Å². The summed E-state index contributed by atoms with van der Waals surface area (Å²) in [5.41, 5.74) is -1.22. The average molecular weight is 278 g/mol. The van der Waals surface area contributed by atoms with E-state index < -0.39 is 23.4 Å². The minimum absolute atomic E-state index is 0.154. The van der Waals surface area contributed by atoms with Gasteiger partial charge in [0.15, 0.2) is 0 Å². The largest absolute Gasteiger partial charge is 0.465 e. The molecule has 2 rings (SSSR count). The maximum absolute atomic E-state index is 12.5. The Kier molecular flexibility index (Phi) is 3.51. The number of nitrogens with zero attached hydrogens (tertiary/aromatic N) is 2. The van der Waals surface area contributed by atoms with Gasteiger partial charge < -0.3 is 9.26 Å². The Labute approximate surface area is 107 Å². The third-order valence-corrected chi connectivity index (χ3v) is 3.21. The van der Waals surface area contributed by atoms with Crippen molar-refractivity contribution in [2.75, 3.05) is 6.61 Å². The molecule has 8 heteroatoms. The lowest BCUT2D eigenvalue weighted by molar-refractivity contribution is -0.151. The van der Waals surface area contributed by atoms with E-state index in [2.05, 4.69) is 14.7 Å². The van der Waals surface area contributed by atoms with Crippen LogP contribution in [0.1, 0.15) is 44.3 Å². The SMILES string of the molecule is CCOC(=O)C1(c2nc(C(F)(F)F)no2)CCCC1. The maximum Gasteiger partial charge on any atom is 0.455 e. The molecule has 1 saturated carbocycles. The number of carbonyl (C=O) groups excluding carboxylic acids is 1. The van der Waals surface area contributed by atoms with Crippen LogP contribution in [0.2, 0.25) is 0 Å². The van der Waals surface area contributed by atoms with Crippen LogP contribution in [0.15, 0.2) is 4.52 Å². The predicted octanol–water partition coefficient (Wildman–Crippen LogP) is 2.46. The molecule has 1 aromatic rings. The zero-order chi connectivity index (χ0) is 14.1. The van der Waals surface area contributed by atoms with E-state index in [1.807, 2.05) is 0 Å². The first-order valence-corrected chi connectivity index (χ1v) is 5.99. The molecule has 0 atom stereocenters. The van der Waals surface area contributed by atoms with Crippen LogP contribution in [0.3, 0.4) is 0 Å². The van der Waals surface area contributed by atoms with Crippen LogP contribution in [0, 0.1) is 0 Å². The molecule has 19 heavy (non-hydrogen) atoms. The van der Waals surface area contributed by atoms with E-state index in [-0.39, 0.29) is 12.5 Å². The average Bonchev–Trinajstić information content (AvgIpc) is 2.98. The molecule has 1 heterocycles. The highest BCUT2D eigenvalue weighted by Gasteiger charge is 2.50. The first-order chi connectivity index (χ1) is 8.90. The smallest absolute Gasteiger partial charge is 0.455 e. The summed E-state index contributed by atoms with van der Waals surface area (Å²) in [6.45, 7) is 1.79. The van der Waals surface area contributed by atoms with Crippen molar-refractivity contribution in [3.63, 3.8) is 0 Å².